The van der Waals surface area contributed by atoms with Gasteiger partial charge in [0.2, 0.25) is 0 Å². The second kappa shape index (κ2) is 4.63. The zero-order chi connectivity index (χ0) is 10.7. The second-order valence-electron chi connectivity index (χ2n) is 2.93. The smallest absolute Gasteiger partial charge is 0.174 e. The third-order valence-electron chi connectivity index (χ3n) is 1.81. The molecule has 0 bridgehead atoms. The summed E-state index contributed by atoms with van der Waals surface area (Å²) in [5.41, 5.74) is 0. The van der Waals surface area contributed by atoms with E-state index in [1.807, 2.05) is 19.1 Å². The van der Waals surface area contributed by atoms with E-state index in [1.54, 1.807) is 23.9 Å². The molecule has 2 aromatic rings. The summed E-state index contributed by atoms with van der Waals surface area (Å²) in [7, 11) is 0. The molecule has 1 aromatic heterocycles. The van der Waals surface area contributed by atoms with Gasteiger partial charge in [0, 0.05) is 11.3 Å². The first-order chi connectivity index (χ1) is 7.28. The Morgan fingerprint density at radius 2 is 2.07 bits per heavy atom. The topological polar surface area (TPSA) is 46.0 Å². The van der Waals surface area contributed by atoms with Crippen LogP contribution in [0.5, 0.6) is 5.75 Å². The zero-order valence-corrected chi connectivity index (χ0v) is 9.81. The maximum absolute atomic E-state index is 9.13. The van der Waals surface area contributed by atoms with Crippen LogP contribution >= 0.6 is 23.3 Å². The van der Waals surface area contributed by atoms with Crippen molar-refractivity contribution < 1.29 is 5.11 Å². The van der Waals surface area contributed by atoms with Crippen LogP contribution in [0.4, 0.5) is 0 Å². The Balaban J connectivity index is 2.11. The molecule has 1 heterocycles. The highest BCUT2D eigenvalue weighted by Crippen LogP contribution is 2.29. The molecule has 0 unspecified atom stereocenters. The summed E-state index contributed by atoms with van der Waals surface area (Å²) in [5, 5.41) is 9.13. The van der Waals surface area contributed by atoms with Crippen LogP contribution in [-0.4, -0.2) is 14.5 Å². The lowest BCUT2D eigenvalue weighted by molar-refractivity contribution is 0.475. The predicted octanol–water partition coefficient (Wildman–Crippen LogP) is 2.96. The molecule has 78 valence electrons. The number of phenolic OH excluding ortho intramolecular Hbond substituents is 1. The average molecular weight is 238 g/mol. The van der Waals surface area contributed by atoms with Crippen molar-refractivity contribution in [3.8, 4) is 5.75 Å². The number of aromatic nitrogens is 2. The van der Waals surface area contributed by atoms with Gasteiger partial charge >= 0.3 is 0 Å². The van der Waals surface area contributed by atoms with E-state index in [0.717, 1.165) is 21.5 Å². The molecule has 0 amide bonds. The summed E-state index contributed by atoms with van der Waals surface area (Å²) in [6.45, 7) is 2.04. The average Bonchev–Trinajstić information content (AvgIpc) is 2.69. The van der Waals surface area contributed by atoms with Gasteiger partial charge in [-0.25, -0.2) is 4.98 Å². The lowest BCUT2D eigenvalue weighted by Crippen LogP contribution is -1.80. The van der Waals surface area contributed by atoms with Crippen LogP contribution in [0, 0.1) is 0 Å². The van der Waals surface area contributed by atoms with E-state index in [9.17, 15) is 0 Å². The first-order valence-electron chi connectivity index (χ1n) is 4.57. The highest BCUT2D eigenvalue weighted by molar-refractivity contribution is 8.01. The van der Waals surface area contributed by atoms with Crippen LogP contribution in [-0.2, 0) is 6.42 Å². The lowest BCUT2D eigenvalue weighted by atomic mass is 10.3. The highest BCUT2D eigenvalue weighted by atomic mass is 32.2. The molecular formula is C10H10N2OS2. The Kier molecular flexibility index (Phi) is 3.23. The maximum atomic E-state index is 9.13. The van der Waals surface area contributed by atoms with Crippen LogP contribution in [0.15, 0.2) is 33.5 Å². The minimum absolute atomic E-state index is 0.283. The van der Waals surface area contributed by atoms with Gasteiger partial charge in [0.1, 0.15) is 11.6 Å². The van der Waals surface area contributed by atoms with Gasteiger partial charge in [0.25, 0.3) is 0 Å². The number of nitrogens with zero attached hydrogens (tertiary/aromatic N) is 2. The van der Waals surface area contributed by atoms with E-state index in [0.29, 0.717) is 0 Å². The molecular weight excluding hydrogens is 228 g/mol. The highest BCUT2D eigenvalue weighted by Gasteiger charge is 2.04. The fraction of sp³-hybridized carbons (Fsp3) is 0.200. The molecule has 15 heavy (non-hydrogen) atoms. The monoisotopic (exact) mass is 238 g/mol. The minimum Gasteiger partial charge on any atom is -0.508 e. The molecule has 0 saturated carbocycles. The molecule has 0 spiro atoms. The van der Waals surface area contributed by atoms with Crippen molar-refractivity contribution in [2.45, 2.75) is 22.6 Å². The summed E-state index contributed by atoms with van der Waals surface area (Å²) in [6.07, 6.45) is 0.868. The number of aromatic hydroxyl groups is 1. The summed E-state index contributed by atoms with van der Waals surface area (Å²) < 4.78 is 5.15. The van der Waals surface area contributed by atoms with Crippen molar-refractivity contribution in [2.24, 2.45) is 0 Å². The molecule has 0 aliphatic heterocycles. The standard InChI is InChI=1S/C10H10N2OS2/c1-2-9-11-10(15-12-9)14-8-5-3-7(13)4-6-8/h3-6,13H,2H2,1H3. The summed E-state index contributed by atoms with van der Waals surface area (Å²) >= 11 is 2.98. The fourth-order valence-corrected chi connectivity index (χ4v) is 2.71. The third-order valence-corrected chi connectivity index (χ3v) is 3.60. The van der Waals surface area contributed by atoms with E-state index in [2.05, 4.69) is 9.36 Å². The zero-order valence-electron chi connectivity index (χ0n) is 8.17. The summed E-state index contributed by atoms with van der Waals surface area (Å²) in [6, 6.07) is 7.08. The maximum Gasteiger partial charge on any atom is 0.174 e. The molecule has 3 nitrogen and oxygen atoms in total. The van der Waals surface area contributed by atoms with E-state index < -0.39 is 0 Å². The van der Waals surface area contributed by atoms with Gasteiger partial charge in [-0.3, -0.25) is 0 Å². The first-order valence-corrected chi connectivity index (χ1v) is 6.16. The molecule has 0 atom stereocenters. The first kappa shape index (κ1) is 10.4. The normalized spacial score (nSPS) is 10.5. The van der Waals surface area contributed by atoms with Gasteiger partial charge in [-0.2, -0.15) is 4.37 Å². The van der Waals surface area contributed by atoms with Crippen molar-refractivity contribution in [1.29, 1.82) is 0 Å². The van der Waals surface area contributed by atoms with E-state index >= 15 is 0 Å². The van der Waals surface area contributed by atoms with Crippen molar-refractivity contribution in [2.75, 3.05) is 0 Å². The van der Waals surface area contributed by atoms with Gasteiger partial charge in [-0.1, -0.05) is 18.7 Å². The second-order valence-corrected chi connectivity index (χ2v) is 5.00. The fourth-order valence-electron chi connectivity index (χ4n) is 1.04. The van der Waals surface area contributed by atoms with Crippen LogP contribution < -0.4 is 0 Å². The van der Waals surface area contributed by atoms with Crippen molar-refractivity contribution in [3.63, 3.8) is 0 Å². The Morgan fingerprint density at radius 1 is 1.33 bits per heavy atom. The molecule has 0 radical (unpaired) electrons. The molecule has 1 aromatic carbocycles. The van der Waals surface area contributed by atoms with Gasteiger partial charge in [0.05, 0.1) is 0 Å². The molecule has 0 aliphatic rings. The molecule has 2 rings (SSSR count). The summed E-state index contributed by atoms with van der Waals surface area (Å²) in [4.78, 5) is 5.42. The van der Waals surface area contributed by atoms with E-state index in [-0.39, 0.29) is 5.75 Å². The van der Waals surface area contributed by atoms with Crippen molar-refractivity contribution in [1.82, 2.24) is 9.36 Å². The quantitative estimate of drug-likeness (QED) is 0.893. The molecule has 5 heteroatoms. The number of aryl methyl sites for hydroxylation is 1. The summed E-state index contributed by atoms with van der Waals surface area (Å²) in [5.74, 6) is 1.17. The number of rotatable bonds is 3. The van der Waals surface area contributed by atoms with Gasteiger partial charge in [-0.05, 0) is 35.8 Å². The Hall–Kier alpha value is -1.07. The molecule has 0 aliphatic carbocycles. The SMILES string of the molecule is CCc1nsc(Sc2ccc(O)cc2)n1. The number of benzene rings is 1. The number of hydrogen-bond acceptors (Lipinski definition) is 5. The third kappa shape index (κ3) is 2.70. The Labute approximate surface area is 96.4 Å². The van der Waals surface area contributed by atoms with E-state index in [4.69, 9.17) is 5.11 Å². The lowest BCUT2D eigenvalue weighted by Gasteiger charge is -1.96. The Bertz CT molecular complexity index is 439. The molecule has 0 saturated heterocycles. The van der Waals surface area contributed by atoms with Gasteiger partial charge in [0.15, 0.2) is 4.34 Å². The number of phenols is 1. The minimum atomic E-state index is 0.283. The van der Waals surface area contributed by atoms with Crippen LogP contribution in [0.3, 0.4) is 0 Å². The predicted molar refractivity (Wildman–Crippen MR) is 61.5 cm³/mol. The van der Waals surface area contributed by atoms with Crippen LogP contribution in [0.25, 0.3) is 0 Å². The molecule has 0 fully saturated rings. The van der Waals surface area contributed by atoms with Gasteiger partial charge < -0.3 is 5.11 Å². The largest absolute Gasteiger partial charge is 0.508 e. The molecule has 1 N–H and O–H groups in total. The van der Waals surface area contributed by atoms with Crippen molar-refractivity contribution >= 4 is 23.3 Å². The van der Waals surface area contributed by atoms with Crippen LogP contribution in [0.2, 0.25) is 0 Å². The van der Waals surface area contributed by atoms with Crippen LogP contribution in [0.1, 0.15) is 12.7 Å². The van der Waals surface area contributed by atoms with Gasteiger partial charge in [-0.15, -0.1) is 0 Å². The van der Waals surface area contributed by atoms with E-state index in [1.165, 1.54) is 11.5 Å². The van der Waals surface area contributed by atoms with Crippen molar-refractivity contribution in [3.05, 3.63) is 30.1 Å². The number of hydrogen-bond donors (Lipinski definition) is 1. The Morgan fingerprint density at radius 3 is 2.67 bits per heavy atom.